The average Bonchev–Trinajstić information content (AvgIpc) is 3.01. The van der Waals surface area contributed by atoms with Gasteiger partial charge in [0.15, 0.2) is 5.69 Å². The molecule has 0 atom stereocenters. The van der Waals surface area contributed by atoms with Gasteiger partial charge in [0.1, 0.15) is 5.75 Å². The maximum atomic E-state index is 12.7. The highest BCUT2D eigenvalue weighted by molar-refractivity contribution is 5.37. The number of nitrogens with zero attached hydrogens (tertiary/aromatic N) is 5. The molecule has 0 radical (unpaired) electrons. The van der Waals surface area contributed by atoms with E-state index in [0.717, 1.165) is 11.8 Å². The molecule has 0 spiro atoms. The van der Waals surface area contributed by atoms with Crippen LogP contribution in [0, 0.1) is 6.92 Å². The fourth-order valence-electron chi connectivity index (χ4n) is 1.85. The number of halogens is 3. The van der Waals surface area contributed by atoms with Crippen molar-refractivity contribution in [3.05, 3.63) is 54.1 Å². The molecule has 3 aromatic rings. The second-order valence-electron chi connectivity index (χ2n) is 4.62. The Kier molecular flexibility index (Phi) is 3.68. The summed E-state index contributed by atoms with van der Waals surface area (Å²) in [5.74, 6) is 0.313. The van der Waals surface area contributed by atoms with Crippen LogP contribution in [0.3, 0.4) is 0 Å². The monoisotopic (exact) mass is 321 g/mol. The first kappa shape index (κ1) is 14.9. The SMILES string of the molecule is Cc1cc(C(F)(F)F)nc(Oc2ccc(-n3ccnn3)cc2)n1. The van der Waals surface area contributed by atoms with Crippen molar-refractivity contribution < 1.29 is 17.9 Å². The molecule has 0 saturated carbocycles. The van der Waals surface area contributed by atoms with Crippen molar-refractivity contribution in [2.75, 3.05) is 0 Å². The molecular formula is C14H10F3N5O. The van der Waals surface area contributed by atoms with Gasteiger partial charge in [-0.3, -0.25) is 0 Å². The zero-order chi connectivity index (χ0) is 16.4. The number of hydrogen-bond acceptors (Lipinski definition) is 5. The Morgan fingerprint density at radius 3 is 2.43 bits per heavy atom. The number of aryl methyl sites for hydroxylation is 1. The third-order valence-electron chi connectivity index (χ3n) is 2.86. The van der Waals surface area contributed by atoms with Crippen LogP contribution in [0.1, 0.15) is 11.4 Å². The molecule has 9 heteroatoms. The lowest BCUT2D eigenvalue weighted by atomic mass is 10.3. The lowest BCUT2D eigenvalue weighted by Crippen LogP contribution is -2.10. The van der Waals surface area contributed by atoms with Crippen LogP contribution in [-0.4, -0.2) is 25.0 Å². The summed E-state index contributed by atoms with van der Waals surface area (Å²) in [5.41, 5.74) is -0.142. The molecule has 3 rings (SSSR count). The minimum Gasteiger partial charge on any atom is -0.424 e. The second-order valence-corrected chi connectivity index (χ2v) is 4.62. The van der Waals surface area contributed by atoms with E-state index in [2.05, 4.69) is 20.3 Å². The number of rotatable bonds is 3. The van der Waals surface area contributed by atoms with E-state index >= 15 is 0 Å². The average molecular weight is 321 g/mol. The molecule has 0 aliphatic carbocycles. The Bertz CT molecular complexity index is 800. The Morgan fingerprint density at radius 2 is 1.83 bits per heavy atom. The number of alkyl halides is 3. The molecule has 0 amide bonds. The van der Waals surface area contributed by atoms with Gasteiger partial charge >= 0.3 is 12.2 Å². The van der Waals surface area contributed by atoms with Crippen LogP contribution in [0.15, 0.2) is 42.7 Å². The minimum absolute atomic E-state index is 0.168. The first-order valence-corrected chi connectivity index (χ1v) is 6.49. The summed E-state index contributed by atoms with van der Waals surface area (Å²) in [7, 11) is 0. The standard InChI is InChI=1S/C14H10F3N5O/c1-9-8-12(14(15,16)17)20-13(19-9)23-11-4-2-10(3-5-11)22-7-6-18-21-22/h2-8H,1H3. The van der Waals surface area contributed by atoms with Crippen LogP contribution in [0.4, 0.5) is 13.2 Å². The third-order valence-corrected chi connectivity index (χ3v) is 2.86. The van der Waals surface area contributed by atoms with Gasteiger partial charge in [0.2, 0.25) is 0 Å². The van der Waals surface area contributed by atoms with E-state index in [1.807, 2.05) is 0 Å². The number of benzene rings is 1. The normalized spacial score (nSPS) is 11.5. The van der Waals surface area contributed by atoms with Gasteiger partial charge in [-0.2, -0.15) is 18.2 Å². The van der Waals surface area contributed by atoms with E-state index in [1.54, 1.807) is 30.5 Å². The molecule has 0 unspecified atom stereocenters. The van der Waals surface area contributed by atoms with Gasteiger partial charge in [-0.25, -0.2) is 9.67 Å². The van der Waals surface area contributed by atoms with Crippen molar-refractivity contribution in [1.29, 1.82) is 0 Å². The summed E-state index contributed by atoms with van der Waals surface area (Å²) in [5, 5.41) is 7.51. The van der Waals surface area contributed by atoms with Gasteiger partial charge < -0.3 is 4.74 Å². The Balaban J connectivity index is 1.83. The van der Waals surface area contributed by atoms with Crippen molar-refractivity contribution in [1.82, 2.24) is 25.0 Å². The molecule has 2 heterocycles. The highest BCUT2D eigenvalue weighted by Gasteiger charge is 2.33. The van der Waals surface area contributed by atoms with Gasteiger partial charge in [0.05, 0.1) is 18.1 Å². The van der Waals surface area contributed by atoms with Crippen LogP contribution in [0.2, 0.25) is 0 Å². The molecule has 1 aromatic carbocycles. The summed E-state index contributed by atoms with van der Waals surface area (Å²) in [6.07, 6.45) is -1.36. The molecule has 0 bridgehead atoms. The van der Waals surface area contributed by atoms with Crippen LogP contribution in [0.25, 0.3) is 5.69 Å². The second kappa shape index (κ2) is 5.67. The zero-order valence-electron chi connectivity index (χ0n) is 11.8. The maximum Gasteiger partial charge on any atom is 0.433 e. The van der Waals surface area contributed by atoms with Gasteiger partial charge in [-0.1, -0.05) is 5.21 Å². The highest BCUT2D eigenvalue weighted by Crippen LogP contribution is 2.30. The summed E-state index contributed by atoms with van der Waals surface area (Å²) in [6, 6.07) is 7.03. The quantitative estimate of drug-likeness (QED) is 0.741. The molecular weight excluding hydrogens is 311 g/mol. The van der Waals surface area contributed by atoms with Crippen molar-refractivity contribution in [2.24, 2.45) is 0 Å². The van der Waals surface area contributed by atoms with Crippen molar-refractivity contribution >= 4 is 0 Å². The molecule has 0 N–H and O–H groups in total. The highest BCUT2D eigenvalue weighted by atomic mass is 19.4. The molecule has 23 heavy (non-hydrogen) atoms. The van der Waals surface area contributed by atoms with E-state index in [4.69, 9.17) is 4.74 Å². The molecule has 118 valence electrons. The van der Waals surface area contributed by atoms with Crippen molar-refractivity contribution in [3.63, 3.8) is 0 Å². The summed E-state index contributed by atoms with van der Waals surface area (Å²) < 4.78 is 45.0. The van der Waals surface area contributed by atoms with Crippen LogP contribution >= 0.6 is 0 Å². The number of aromatic nitrogens is 5. The van der Waals surface area contributed by atoms with E-state index in [9.17, 15) is 13.2 Å². The van der Waals surface area contributed by atoms with Gasteiger partial charge in [0.25, 0.3) is 0 Å². The molecule has 6 nitrogen and oxygen atoms in total. The fraction of sp³-hybridized carbons (Fsp3) is 0.143. The Labute approximate surface area is 128 Å². The Hall–Kier alpha value is -2.97. The number of hydrogen-bond donors (Lipinski definition) is 0. The first-order valence-electron chi connectivity index (χ1n) is 6.49. The maximum absolute atomic E-state index is 12.7. The van der Waals surface area contributed by atoms with Crippen LogP contribution in [-0.2, 0) is 6.18 Å². The van der Waals surface area contributed by atoms with Gasteiger partial charge in [-0.05, 0) is 37.3 Å². The van der Waals surface area contributed by atoms with E-state index in [0.29, 0.717) is 5.75 Å². The predicted octanol–water partition coefficient (Wildman–Crippen LogP) is 3.18. The number of ether oxygens (including phenoxy) is 1. The summed E-state index contributed by atoms with van der Waals surface area (Å²) >= 11 is 0. The Morgan fingerprint density at radius 1 is 1.09 bits per heavy atom. The topological polar surface area (TPSA) is 65.7 Å². The zero-order valence-corrected chi connectivity index (χ0v) is 11.8. The van der Waals surface area contributed by atoms with Gasteiger partial charge in [0, 0.05) is 5.69 Å². The smallest absolute Gasteiger partial charge is 0.424 e. The molecule has 0 aliphatic rings. The molecule has 2 aromatic heterocycles. The summed E-state index contributed by atoms with van der Waals surface area (Å²) in [6.45, 7) is 1.44. The van der Waals surface area contributed by atoms with E-state index < -0.39 is 11.9 Å². The fourth-order valence-corrected chi connectivity index (χ4v) is 1.85. The van der Waals surface area contributed by atoms with E-state index in [-0.39, 0.29) is 11.7 Å². The lowest BCUT2D eigenvalue weighted by molar-refractivity contribution is -0.141. The molecule has 0 fully saturated rings. The third kappa shape index (κ3) is 3.44. The van der Waals surface area contributed by atoms with Gasteiger partial charge in [-0.15, -0.1) is 5.10 Å². The lowest BCUT2D eigenvalue weighted by Gasteiger charge is -2.09. The summed E-state index contributed by atoms with van der Waals surface area (Å²) in [4.78, 5) is 7.24. The van der Waals surface area contributed by atoms with Crippen LogP contribution < -0.4 is 4.74 Å². The molecule has 0 aliphatic heterocycles. The first-order chi connectivity index (χ1) is 10.9. The predicted molar refractivity (Wildman–Crippen MR) is 73.2 cm³/mol. The van der Waals surface area contributed by atoms with Crippen LogP contribution in [0.5, 0.6) is 11.8 Å². The van der Waals surface area contributed by atoms with E-state index in [1.165, 1.54) is 17.8 Å². The largest absolute Gasteiger partial charge is 0.433 e. The molecule has 0 saturated heterocycles. The van der Waals surface area contributed by atoms with Crippen molar-refractivity contribution in [2.45, 2.75) is 13.1 Å². The minimum atomic E-state index is -4.55. The van der Waals surface area contributed by atoms with Crippen molar-refractivity contribution in [3.8, 4) is 17.4 Å².